The van der Waals surface area contributed by atoms with Gasteiger partial charge in [0, 0.05) is 6.42 Å². The van der Waals surface area contributed by atoms with Crippen molar-refractivity contribution in [1.29, 1.82) is 0 Å². The maximum Gasteiger partial charge on any atom is 0.305 e. The summed E-state index contributed by atoms with van der Waals surface area (Å²) in [6, 6.07) is 0. The van der Waals surface area contributed by atoms with Crippen molar-refractivity contribution in [3.63, 3.8) is 0 Å². The zero-order valence-electron chi connectivity index (χ0n) is 34.1. The minimum absolute atomic E-state index is 0.0302. The number of fused-ring (bicyclic) bond motifs is 1. The Kier molecular flexibility index (Phi) is 14.5. The number of hydrogen-bond donors (Lipinski definition) is 2. The fourth-order valence-electron chi connectivity index (χ4n) is 11.8. The predicted octanol–water partition coefficient (Wildman–Crippen LogP) is 12.0. The van der Waals surface area contributed by atoms with Gasteiger partial charge >= 0.3 is 5.97 Å². The fraction of sp³-hybridized carbons (Fsp3) is 0.833. The number of allylic oxidation sites excluding steroid dienone is 3. The summed E-state index contributed by atoms with van der Waals surface area (Å²) >= 11 is 0. The maximum absolute atomic E-state index is 11.4. The summed E-state index contributed by atoms with van der Waals surface area (Å²) in [7, 11) is -4.28. The van der Waals surface area contributed by atoms with Gasteiger partial charge in [-0.3, -0.25) is 4.79 Å². The molecule has 3 fully saturated rings. The molecule has 0 aromatic heterocycles. The number of aliphatic carboxylic acids is 1. The molecule has 3 saturated carbocycles. The van der Waals surface area contributed by atoms with Crippen molar-refractivity contribution in [1.82, 2.24) is 0 Å². The molecule has 0 saturated heterocycles. The molecule has 3 rings (SSSR count). The molecular formula is C42H76O5Si2. The van der Waals surface area contributed by atoms with Crippen LogP contribution in [0, 0.1) is 23.2 Å². The molecule has 2 N–H and O–H groups in total. The van der Waals surface area contributed by atoms with E-state index < -0.39 is 28.7 Å². The monoisotopic (exact) mass is 717 g/mol. The quantitative estimate of drug-likeness (QED) is 0.165. The highest BCUT2D eigenvalue weighted by atomic mass is 28.4. The van der Waals surface area contributed by atoms with Gasteiger partial charge in [0.2, 0.25) is 16.6 Å². The highest BCUT2D eigenvalue weighted by Crippen LogP contribution is 2.60. The molecule has 1 unspecified atom stereocenters. The Labute approximate surface area is 304 Å². The lowest BCUT2D eigenvalue weighted by Crippen LogP contribution is -2.54. The van der Waals surface area contributed by atoms with Crippen LogP contribution >= 0.6 is 0 Å². The van der Waals surface area contributed by atoms with Crippen LogP contribution in [0.25, 0.3) is 0 Å². The molecule has 0 amide bonds. The molecule has 0 bridgehead atoms. The molecule has 0 aromatic rings. The second-order valence-electron chi connectivity index (χ2n) is 18.5. The molecule has 0 aliphatic heterocycles. The largest absolute Gasteiger partial charge is 0.481 e. The van der Waals surface area contributed by atoms with E-state index in [1.807, 2.05) is 0 Å². The second kappa shape index (κ2) is 16.8. The van der Waals surface area contributed by atoms with Gasteiger partial charge < -0.3 is 19.1 Å². The molecule has 0 spiro atoms. The van der Waals surface area contributed by atoms with Crippen molar-refractivity contribution in [3.05, 3.63) is 35.5 Å². The summed E-state index contributed by atoms with van der Waals surface area (Å²) in [4.78, 5) is 11.4. The van der Waals surface area contributed by atoms with Crippen molar-refractivity contribution < 1.29 is 23.9 Å². The number of rotatable bonds is 15. The summed E-state index contributed by atoms with van der Waals surface area (Å²) in [5.41, 5.74) is 7.10. The third-order valence-electron chi connectivity index (χ3n) is 14.0. The second-order valence-corrected chi connectivity index (χ2v) is 29.3. The summed E-state index contributed by atoms with van der Waals surface area (Å²) in [6.45, 7) is 37.8. The van der Waals surface area contributed by atoms with Crippen molar-refractivity contribution in [2.45, 2.75) is 200 Å². The lowest BCUT2D eigenvalue weighted by Gasteiger charge is -2.49. The van der Waals surface area contributed by atoms with Crippen molar-refractivity contribution >= 4 is 22.6 Å². The van der Waals surface area contributed by atoms with Gasteiger partial charge in [0.1, 0.15) is 0 Å². The minimum atomic E-state index is -2.17. The van der Waals surface area contributed by atoms with Crippen LogP contribution in [0.3, 0.4) is 0 Å². The summed E-state index contributed by atoms with van der Waals surface area (Å²) < 4.78 is 15.1. The van der Waals surface area contributed by atoms with Crippen LogP contribution in [0.1, 0.15) is 148 Å². The molecule has 5 nitrogen and oxygen atoms in total. The Balaban J connectivity index is 2.04. The van der Waals surface area contributed by atoms with Crippen molar-refractivity contribution in [2.24, 2.45) is 23.2 Å². The van der Waals surface area contributed by atoms with Crippen LogP contribution in [-0.2, 0) is 13.6 Å². The van der Waals surface area contributed by atoms with E-state index in [2.05, 4.69) is 109 Å². The first-order chi connectivity index (χ1) is 22.7. The van der Waals surface area contributed by atoms with Gasteiger partial charge in [-0.15, -0.1) is 0 Å². The van der Waals surface area contributed by atoms with E-state index in [-0.39, 0.29) is 30.0 Å². The van der Waals surface area contributed by atoms with E-state index in [1.54, 1.807) is 0 Å². The van der Waals surface area contributed by atoms with Crippen LogP contribution in [0.2, 0.25) is 33.2 Å². The van der Waals surface area contributed by atoms with Gasteiger partial charge in [-0.2, -0.15) is 0 Å². The van der Waals surface area contributed by atoms with E-state index in [4.69, 9.17) is 15.4 Å². The number of aliphatic hydroxyl groups is 1. The lowest BCUT2D eigenvalue weighted by atomic mass is 9.60. The van der Waals surface area contributed by atoms with Crippen LogP contribution in [0.4, 0.5) is 0 Å². The number of carboxylic acids is 1. The Bertz CT molecular complexity index is 1160. The smallest absolute Gasteiger partial charge is 0.305 e. The first-order valence-corrected chi connectivity index (χ1v) is 24.3. The number of carboxylic acid groups (broad SMARTS) is 1. The standard InChI is InChI=1S/C42H76O5Si2/c1-26(2)48(27(3)4,28(5)6)46-36-23-35(32(13)40(24-36)47-49(29(7)8,30(9)10)31(11)12)19-18-34-17-16-22-42(15)37(20-21-38(34)42)33(14)39(43)25-41(44)45/h18-19,26-31,33,36-40,43H,13,16-17,20-25H2,1-12,14-15H3,(H,44,45)/t33-,36-,37+,38-,39?,40+,42+/m0/s1. The Morgan fingerprint density at radius 1 is 0.857 bits per heavy atom. The van der Waals surface area contributed by atoms with Crippen LogP contribution in [-0.4, -0.2) is 51.1 Å². The molecule has 49 heavy (non-hydrogen) atoms. The van der Waals surface area contributed by atoms with Crippen LogP contribution in [0.15, 0.2) is 35.5 Å². The topological polar surface area (TPSA) is 76.0 Å². The molecule has 282 valence electrons. The Morgan fingerprint density at radius 2 is 1.37 bits per heavy atom. The Hall–Kier alpha value is -0.996. The maximum atomic E-state index is 11.4. The third kappa shape index (κ3) is 8.47. The number of carbonyl (C=O) groups is 1. The summed E-state index contributed by atoms with van der Waals surface area (Å²) in [5.74, 6) is -0.162. The average Bonchev–Trinajstić information content (AvgIpc) is 3.34. The molecule has 3 aliphatic carbocycles. The lowest BCUT2D eigenvalue weighted by molar-refractivity contribution is -0.140. The molecule has 7 atom stereocenters. The fourth-order valence-corrected chi connectivity index (χ4v) is 22.9. The van der Waals surface area contributed by atoms with E-state index in [0.717, 1.165) is 50.5 Å². The zero-order chi connectivity index (χ0) is 37.2. The van der Waals surface area contributed by atoms with Gasteiger partial charge in [0.25, 0.3) is 0 Å². The molecule has 0 radical (unpaired) electrons. The van der Waals surface area contributed by atoms with Gasteiger partial charge in [0.15, 0.2) is 0 Å². The molecule has 7 heteroatoms. The SMILES string of the molecule is C=C1C(=CC=C2CCC[C@]3(C)[C@@H]([C@H](C)C(O)CC(=O)O)CC[C@@H]23)C[C@H](O[Si](C(C)C)(C(C)C)C(C)C)C[C@H]1O[Si](C(C)C)(C(C)C)C(C)C. The van der Waals surface area contributed by atoms with E-state index in [0.29, 0.717) is 45.1 Å². The first kappa shape index (κ1) is 42.4. The van der Waals surface area contributed by atoms with Gasteiger partial charge in [-0.25, -0.2) is 0 Å². The minimum Gasteiger partial charge on any atom is -0.481 e. The summed E-state index contributed by atoms with van der Waals surface area (Å²) in [6.07, 6.45) is 11.2. The highest BCUT2D eigenvalue weighted by Gasteiger charge is 2.53. The normalized spacial score (nSPS) is 30.1. The van der Waals surface area contributed by atoms with E-state index >= 15 is 0 Å². The van der Waals surface area contributed by atoms with E-state index in [1.165, 1.54) is 11.1 Å². The third-order valence-corrected chi connectivity index (χ3v) is 26.3. The van der Waals surface area contributed by atoms with E-state index in [9.17, 15) is 15.0 Å². The number of hydrogen-bond acceptors (Lipinski definition) is 4. The highest BCUT2D eigenvalue weighted by molar-refractivity contribution is 6.78. The molecule has 0 heterocycles. The molecule has 0 aromatic carbocycles. The average molecular weight is 717 g/mol. The number of aliphatic hydroxyl groups excluding tert-OH is 1. The zero-order valence-corrected chi connectivity index (χ0v) is 36.1. The van der Waals surface area contributed by atoms with Gasteiger partial charge in [-0.05, 0) is 106 Å². The Morgan fingerprint density at radius 3 is 1.86 bits per heavy atom. The van der Waals surface area contributed by atoms with Crippen LogP contribution < -0.4 is 0 Å². The van der Waals surface area contributed by atoms with Gasteiger partial charge in [-0.1, -0.05) is 121 Å². The van der Waals surface area contributed by atoms with Crippen molar-refractivity contribution in [2.75, 3.05) is 0 Å². The summed E-state index contributed by atoms with van der Waals surface area (Å²) in [5, 5.41) is 20.2. The first-order valence-electron chi connectivity index (χ1n) is 20.0. The molecular weight excluding hydrogens is 641 g/mol. The predicted molar refractivity (Wildman–Crippen MR) is 212 cm³/mol. The molecule has 3 aliphatic rings. The van der Waals surface area contributed by atoms with Crippen molar-refractivity contribution in [3.8, 4) is 0 Å². The van der Waals surface area contributed by atoms with Gasteiger partial charge in [0.05, 0.1) is 24.7 Å². The van der Waals surface area contributed by atoms with Crippen LogP contribution in [0.5, 0.6) is 0 Å².